The third-order valence-electron chi connectivity index (χ3n) is 4.61. The van der Waals surface area contributed by atoms with Crippen LogP contribution in [0.4, 0.5) is 11.4 Å². The van der Waals surface area contributed by atoms with Crippen molar-refractivity contribution in [3.63, 3.8) is 0 Å². The molecule has 2 heterocycles. The second-order valence-electron chi connectivity index (χ2n) is 6.55. The molecule has 0 saturated carbocycles. The molecular formula is C22H19N5O5. The van der Waals surface area contributed by atoms with Gasteiger partial charge in [0.1, 0.15) is 6.07 Å². The number of rotatable bonds is 6. The number of ether oxygens (including phenoxy) is 2. The average molecular weight is 433 g/mol. The molecule has 0 atom stereocenters. The second kappa shape index (κ2) is 9.44. The van der Waals surface area contributed by atoms with Gasteiger partial charge < -0.3 is 25.1 Å². The summed E-state index contributed by atoms with van der Waals surface area (Å²) in [7, 11) is 2.36. The van der Waals surface area contributed by atoms with E-state index in [4.69, 9.17) is 15.2 Å². The van der Waals surface area contributed by atoms with E-state index in [0.29, 0.717) is 0 Å². The Bertz CT molecular complexity index is 1230. The maximum Gasteiger partial charge on any atom is 0.357 e. The predicted octanol–water partition coefficient (Wildman–Crippen LogP) is 2.08. The van der Waals surface area contributed by atoms with Crippen LogP contribution in [-0.2, 0) is 20.7 Å². The largest absolute Gasteiger partial charge is 0.465 e. The van der Waals surface area contributed by atoms with Gasteiger partial charge in [0.2, 0.25) is 5.91 Å². The third kappa shape index (κ3) is 4.27. The minimum absolute atomic E-state index is 0.000805. The highest BCUT2D eigenvalue weighted by atomic mass is 16.5. The molecule has 3 N–H and O–H groups in total. The summed E-state index contributed by atoms with van der Waals surface area (Å²) in [4.78, 5) is 41.5. The molecule has 0 fully saturated rings. The first kappa shape index (κ1) is 22.0. The predicted molar refractivity (Wildman–Crippen MR) is 114 cm³/mol. The van der Waals surface area contributed by atoms with Gasteiger partial charge in [-0.15, -0.1) is 0 Å². The number of aromatic nitrogens is 2. The normalized spacial score (nSPS) is 10.2. The smallest absolute Gasteiger partial charge is 0.357 e. The van der Waals surface area contributed by atoms with E-state index in [0.717, 1.165) is 12.7 Å². The van der Waals surface area contributed by atoms with Crippen molar-refractivity contribution in [3.8, 4) is 11.8 Å². The quantitative estimate of drug-likeness (QED) is 0.561. The van der Waals surface area contributed by atoms with Crippen LogP contribution < -0.4 is 11.1 Å². The maximum atomic E-state index is 12.7. The summed E-state index contributed by atoms with van der Waals surface area (Å²) in [6.45, 7) is 0. The number of nitrogen functional groups attached to an aromatic ring is 1. The summed E-state index contributed by atoms with van der Waals surface area (Å²) in [6, 6.07) is 9.86. The summed E-state index contributed by atoms with van der Waals surface area (Å²) in [5.74, 6) is -1.91. The molecule has 10 nitrogen and oxygen atoms in total. The number of esters is 2. The van der Waals surface area contributed by atoms with Crippen molar-refractivity contribution in [1.29, 1.82) is 5.26 Å². The zero-order chi connectivity index (χ0) is 23.3. The molecule has 0 aliphatic carbocycles. The first-order chi connectivity index (χ1) is 15.4. The van der Waals surface area contributed by atoms with E-state index < -0.39 is 11.9 Å². The molecule has 0 bridgehead atoms. The lowest BCUT2D eigenvalue weighted by Gasteiger charge is -2.17. The van der Waals surface area contributed by atoms with Gasteiger partial charge in [-0.25, -0.2) is 9.59 Å². The van der Waals surface area contributed by atoms with Gasteiger partial charge in [0.25, 0.3) is 0 Å². The number of nitrogens with two attached hydrogens (primary N) is 1. The van der Waals surface area contributed by atoms with Crippen LogP contribution in [0.3, 0.4) is 0 Å². The van der Waals surface area contributed by atoms with Gasteiger partial charge in [0.15, 0.2) is 5.69 Å². The Balaban J connectivity index is 2.17. The number of anilines is 2. The van der Waals surface area contributed by atoms with Crippen molar-refractivity contribution in [2.75, 3.05) is 25.3 Å². The molecule has 3 rings (SSSR count). The van der Waals surface area contributed by atoms with E-state index in [1.807, 2.05) is 6.07 Å². The fraction of sp³-hybridized carbons (Fsp3) is 0.136. The number of carbonyl (C=O) groups excluding carboxylic acids is 3. The van der Waals surface area contributed by atoms with Crippen molar-refractivity contribution < 1.29 is 23.9 Å². The lowest BCUT2D eigenvalue weighted by Crippen LogP contribution is -2.20. The summed E-state index contributed by atoms with van der Waals surface area (Å²) in [5.41, 5.74) is 6.79. The van der Waals surface area contributed by atoms with Gasteiger partial charge in [-0.2, -0.15) is 5.26 Å². The number of nitriles is 1. The van der Waals surface area contributed by atoms with Crippen LogP contribution in [0.5, 0.6) is 0 Å². The topological polar surface area (TPSA) is 149 Å². The number of pyridine rings is 1. The summed E-state index contributed by atoms with van der Waals surface area (Å²) in [6.07, 6.45) is 4.48. The van der Waals surface area contributed by atoms with E-state index in [2.05, 4.69) is 10.3 Å². The van der Waals surface area contributed by atoms with Crippen LogP contribution in [0.25, 0.3) is 5.69 Å². The molecule has 32 heavy (non-hydrogen) atoms. The number of nitrogens with zero attached hydrogens (tertiary/aromatic N) is 3. The Hall–Kier alpha value is -4.65. The summed E-state index contributed by atoms with van der Waals surface area (Å²) < 4.78 is 10.9. The Morgan fingerprint density at radius 2 is 1.81 bits per heavy atom. The fourth-order valence-corrected chi connectivity index (χ4v) is 3.15. The average Bonchev–Trinajstić information content (AvgIpc) is 3.14. The summed E-state index contributed by atoms with van der Waals surface area (Å²) in [5, 5.41) is 12.1. The number of hydrogen-bond acceptors (Lipinski definition) is 8. The SMILES string of the molecule is COC(=O)c1cccc(NC(=O)Cc2ccncc2)c1-n1cc(C#N)c(N)c1C(=O)OC. The number of benzene rings is 1. The van der Waals surface area contributed by atoms with Crippen LogP contribution in [0.2, 0.25) is 0 Å². The molecule has 0 saturated heterocycles. The molecule has 162 valence electrons. The number of methoxy groups -OCH3 is 2. The highest BCUT2D eigenvalue weighted by Crippen LogP contribution is 2.32. The lowest BCUT2D eigenvalue weighted by atomic mass is 10.1. The standard InChI is InChI=1S/C22H19N5O5/c1-31-21(29)15-4-3-5-16(26-17(28)10-13-6-8-25-9-7-13)19(15)27-12-14(11-23)18(24)20(27)22(30)32-2/h3-9,12H,10,24H2,1-2H3,(H,26,28). The third-order valence-corrected chi connectivity index (χ3v) is 4.61. The molecule has 1 amide bonds. The van der Waals surface area contributed by atoms with Gasteiger partial charge in [-0.3, -0.25) is 9.78 Å². The zero-order valence-electron chi connectivity index (χ0n) is 17.3. The Morgan fingerprint density at radius 3 is 2.44 bits per heavy atom. The number of hydrogen-bond donors (Lipinski definition) is 2. The fourth-order valence-electron chi connectivity index (χ4n) is 3.15. The first-order valence-corrected chi connectivity index (χ1v) is 9.31. The van der Waals surface area contributed by atoms with Crippen molar-refractivity contribution in [2.24, 2.45) is 0 Å². The van der Waals surface area contributed by atoms with Gasteiger partial charge in [0, 0.05) is 18.6 Å². The Labute approximate surface area is 183 Å². The highest BCUT2D eigenvalue weighted by Gasteiger charge is 2.27. The minimum Gasteiger partial charge on any atom is -0.465 e. The van der Waals surface area contributed by atoms with E-state index in [1.165, 1.54) is 23.9 Å². The van der Waals surface area contributed by atoms with Gasteiger partial charge in [0.05, 0.1) is 48.8 Å². The van der Waals surface area contributed by atoms with E-state index in [9.17, 15) is 19.6 Å². The first-order valence-electron chi connectivity index (χ1n) is 9.31. The molecule has 2 aromatic heterocycles. The molecule has 0 radical (unpaired) electrons. The Morgan fingerprint density at radius 1 is 1.12 bits per heavy atom. The van der Waals surface area contributed by atoms with Crippen molar-refractivity contribution >= 4 is 29.2 Å². The van der Waals surface area contributed by atoms with Crippen LogP contribution >= 0.6 is 0 Å². The van der Waals surface area contributed by atoms with Crippen LogP contribution in [0.1, 0.15) is 32.0 Å². The molecule has 3 aromatic rings. The van der Waals surface area contributed by atoms with Crippen molar-refractivity contribution in [3.05, 3.63) is 71.3 Å². The molecule has 1 aromatic carbocycles. The van der Waals surface area contributed by atoms with Crippen LogP contribution in [-0.4, -0.2) is 41.6 Å². The molecule has 10 heteroatoms. The van der Waals surface area contributed by atoms with Crippen molar-refractivity contribution in [1.82, 2.24) is 9.55 Å². The van der Waals surface area contributed by atoms with E-state index in [-0.39, 0.29) is 46.2 Å². The molecule has 0 spiro atoms. The number of nitrogens with one attached hydrogen (secondary N) is 1. The number of amides is 1. The monoisotopic (exact) mass is 433 g/mol. The van der Waals surface area contributed by atoms with Gasteiger partial charge in [-0.1, -0.05) is 6.07 Å². The molecule has 0 aliphatic rings. The second-order valence-corrected chi connectivity index (χ2v) is 6.55. The highest BCUT2D eigenvalue weighted by molar-refractivity contribution is 6.03. The van der Waals surface area contributed by atoms with Crippen molar-refractivity contribution in [2.45, 2.75) is 6.42 Å². The van der Waals surface area contributed by atoms with E-state index in [1.54, 1.807) is 36.7 Å². The lowest BCUT2D eigenvalue weighted by molar-refractivity contribution is -0.115. The van der Waals surface area contributed by atoms with Crippen LogP contribution in [0, 0.1) is 11.3 Å². The van der Waals surface area contributed by atoms with E-state index >= 15 is 0 Å². The number of para-hydroxylation sites is 1. The minimum atomic E-state index is -0.822. The summed E-state index contributed by atoms with van der Waals surface area (Å²) >= 11 is 0. The maximum absolute atomic E-state index is 12.7. The number of carbonyl (C=O) groups is 3. The molecule has 0 unspecified atom stereocenters. The van der Waals surface area contributed by atoms with Gasteiger partial charge >= 0.3 is 11.9 Å². The molecular weight excluding hydrogens is 414 g/mol. The van der Waals surface area contributed by atoms with Crippen LogP contribution in [0.15, 0.2) is 48.9 Å². The zero-order valence-corrected chi connectivity index (χ0v) is 17.3. The van der Waals surface area contributed by atoms with Gasteiger partial charge in [-0.05, 0) is 29.8 Å². The Kier molecular flexibility index (Phi) is 6.50. The molecule has 0 aliphatic heterocycles.